The standard InChI is InChI=1S/C27H26Cl2F2N4O5/c1-14-17(4-3-5-20(14)39-2)23-18-12-16(28)6-7-19(18)35-24(32-33-26(35)27(29,30)31)21(40-23)13-22(36)34-10-8-15(9-11-34)25(37)38/h3-7,12,15,21,23H,8-11,13H2,1-2H3,(H,37,38)/t21-,23-/m1/s1. The molecule has 0 saturated carbocycles. The van der Waals surface area contributed by atoms with E-state index in [0.717, 1.165) is 10.1 Å². The Morgan fingerprint density at radius 1 is 1.18 bits per heavy atom. The summed E-state index contributed by atoms with van der Waals surface area (Å²) in [4.78, 5) is 26.3. The van der Waals surface area contributed by atoms with Gasteiger partial charge in [-0.2, -0.15) is 8.78 Å². The number of aliphatic carboxylic acids is 1. The quantitative estimate of drug-likeness (QED) is 0.381. The highest BCUT2D eigenvalue weighted by Gasteiger charge is 2.42. The Bertz CT molecular complexity index is 1450. The number of carboxylic acid groups (broad SMARTS) is 1. The lowest BCUT2D eigenvalue weighted by Crippen LogP contribution is -2.41. The molecule has 0 radical (unpaired) electrons. The molecule has 0 bridgehead atoms. The van der Waals surface area contributed by atoms with E-state index in [1.807, 2.05) is 13.0 Å². The molecule has 1 N–H and O–H groups in total. The van der Waals surface area contributed by atoms with Crippen LogP contribution in [0.5, 0.6) is 5.75 Å². The molecule has 1 amide bonds. The molecular formula is C27H26Cl2F2N4O5. The minimum atomic E-state index is -3.87. The zero-order chi connectivity index (χ0) is 28.8. The highest BCUT2D eigenvalue weighted by Crippen LogP contribution is 2.45. The number of amides is 1. The first kappa shape index (κ1) is 28.3. The van der Waals surface area contributed by atoms with Gasteiger partial charge in [0, 0.05) is 23.7 Å². The second-order valence-corrected chi connectivity index (χ2v) is 10.7. The third kappa shape index (κ3) is 5.25. The third-order valence-corrected chi connectivity index (χ3v) is 7.83. The van der Waals surface area contributed by atoms with Crippen LogP contribution in [0.4, 0.5) is 8.78 Å². The smallest absolute Gasteiger partial charge is 0.382 e. The lowest BCUT2D eigenvalue weighted by atomic mass is 9.95. The van der Waals surface area contributed by atoms with Crippen LogP contribution in [-0.4, -0.2) is 56.8 Å². The Morgan fingerprint density at radius 3 is 2.55 bits per heavy atom. The number of rotatable bonds is 6. The number of carbonyl (C=O) groups excluding carboxylic acids is 1. The molecule has 2 aromatic carbocycles. The van der Waals surface area contributed by atoms with Crippen molar-refractivity contribution >= 4 is 35.1 Å². The van der Waals surface area contributed by atoms with E-state index in [-0.39, 0.29) is 36.9 Å². The SMILES string of the molecule is COc1cccc([C@H]2O[C@H](CC(=O)N3CCC(C(=O)O)CC3)c3nnc(C(F)(F)Cl)n3-c3ccc(Cl)cc32)c1C. The molecule has 2 aliphatic rings. The van der Waals surface area contributed by atoms with Crippen molar-refractivity contribution in [2.75, 3.05) is 20.2 Å². The minimum Gasteiger partial charge on any atom is -0.496 e. The fourth-order valence-electron chi connectivity index (χ4n) is 5.34. The van der Waals surface area contributed by atoms with Gasteiger partial charge in [0.1, 0.15) is 18.0 Å². The Balaban J connectivity index is 1.61. The number of piperidine rings is 1. The van der Waals surface area contributed by atoms with E-state index in [1.165, 1.54) is 7.11 Å². The highest BCUT2D eigenvalue weighted by atomic mass is 35.5. The van der Waals surface area contributed by atoms with Crippen molar-refractivity contribution in [3.8, 4) is 11.4 Å². The lowest BCUT2D eigenvalue weighted by Gasteiger charge is -2.31. The van der Waals surface area contributed by atoms with Crippen LogP contribution in [0.2, 0.25) is 5.02 Å². The van der Waals surface area contributed by atoms with Gasteiger partial charge in [0.15, 0.2) is 5.82 Å². The van der Waals surface area contributed by atoms with E-state index >= 15 is 0 Å². The Hall–Kier alpha value is -3.28. The highest BCUT2D eigenvalue weighted by molar-refractivity contribution is 6.30. The van der Waals surface area contributed by atoms with Gasteiger partial charge in [-0.25, -0.2) is 0 Å². The maximum Gasteiger partial charge on any atom is 0.382 e. The summed E-state index contributed by atoms with van der Waals surface area (Å²) in [6, 6.07) is 10.1. The van der Waals surface area contributed by atoms with Crippen LogP contribution < -0.4 is 4.74 Å². The molecule has 1 aromatic heterocycles. The number of fused-ring (bicyclic) bond motifs is 3. The molecule has 5 rings (SSSR count). The average molecular weight is 595 g/mol. The second kappa shape index (κ2) is 10.9. The van der Waals surface area contributed by atoms with Gasteiger partial charge in [-0.3, -0.25) is 14.2 Å². The number of alkyl halides is 3. The topological polar surface area (TPSA) is 107 Å². The van der Waals surface area contributed by atoms with Crippen molar-refractivity contribution in [3.63, 3.8) is 0 Å². The average Bonchev–Trinajstić information content (AvgIpc) is 3.32. The molecule has 1 fully saturated rings. The summed E-state index contributed by atoms with van der Waals surface area (Å²) in [7, 11) is 1.54. The molecule has 1 saturated heterocycles. The summed E-state index contributed by atoms with van der Waals surface area (Å²) >= 11 is 11.8. The number of benzene rings is 2. The zero-order valence-electron chi connectivity index (χ0n) is 21.6. The van der Waals surface area contributed by atoms with Crippen molar-refractivity contribution < 1.29 is 33.0 Å². The molecule has 40 heavy (non-hydrogen) atoms. The van der Waals surface area contributed by atoms with Crippen LogP contribution in [0.15, 0.2) is 36.4 Å². The Morgan fingerprint density at radius 2 is 1.90 bits per heavy atom. The van der Waals surface area contributed by atoms with Gasteiger partial charge in [-0.05, 0) is 66.8 Å². The van der Waals surface area contributed by atoms with Gasteiger partial charge in [-0.1, -0.05) is 23.7 Å². The third-order valence-electron chi connectivity index (χ3n) is 7.43. The number of carbonyl (C=O) groups is 2. The van der Waals surface area contributed by atoms with Crippen LogP contribution in [0.3, 0.4) is 0 Å². The molecule has 13 heteroatoms. The van der Waals surface area contributed by atoms with E-state index in [4.69, 9.17) is 32.7 Å². The van der Waals surface area contributed by atoms with E-state index in [2.05, 4.69) is 10.2 Å². The molecule has 3 heterocycles. The van der Waals surface area contributed by atoms with Crippen molar-refractivity contribution in [3.05, 3.63) is 69.8 Å². The fraction of sp³-hybridized carbons (Fsp3) is 0.407. The molecule has 0 unspecified atom stereocenters. The fourth-order valence-corrected chi connectivity index (χ4v) is 5.65. The van der Waals surface area contributed by atoms with Crippen molar-refractivity contribution in [2.45, 2.75) is 43.8 Å². The van der Waals surface area contributed by atoms with Crippen molar-refractivity contribution in [2.24, 2.45) is 5.92 Å². The van der Waals surface area contributed by atoms with Gasteiger partial charge in [-0.15, -0.1) is 10.2 Å². The minimum absolute atomic E-state index is 0.0179. The predicted molar refractivity (Wildman–Crippen MR) is 141 cm³/mol. The summed E-state index contributed by atoms with van der Waals surface area (Å²) < 4.78 is 42.4. The Kier molecular flexibility index (Phi) is 7.73. The Labute approximate surface area is 238 Å². The summed E-state index contributed by atoms with van der Waals surface area (Å²) in [6.07, 6.45) is -1.56. The molecule has 0 spiro atoms. The van der Waals surface area contributed by atoms with Crippen molar-refractivity contribution in [1.29, 1.82) is 0 Å². The molecule has 0 aliphatic carbocycles. The number of ether oxygens (including phenoxy) is 2. The molecule has 212 valence electrons. The summed E-state index contributed by atoms with van der Waals surface area (Å²) in [5, 5.41) is 13.5. The molecular weight excluding hydrogens is 569 g/mol. The van der Waals surface area contributed by atoms with E-state index in [0.29, 0.717) is 34.7 Å². The van der Waals surface area contributed by atoms with E-state index in [9.17, 15) is 23.5 Å². The summed E-state index contributed by atoms with van der Waals surface area (Å²) in [5.41, 5.74) is 2.16. The molecule has 2 atom stereocenters. The first-order valence-corrected chi connectivity index (χ1v) is 13.4. The van der Waals surface area contributed by atoms with Crippen LogP contribution >= 0.6 is 23.2 Å². The van der Waals surface area contributed by atoms with E-state index < -0.39 is 35.3 Å². The number of hydrogen-bond donors (Lipinski definition) is 1. The predicted octanol–water partition coefficient (Wildman–Crippen LogP) is 5.40. The summed E-state index contributed by atoms with van der Waals surface area (Å²) in [6.45, 7) is 2.36. The monoisotopic (exact) mass is 594 g/mol. The van der Waals surface area contributed by atoms with Gasteiger partial charge >= 0.3 is 11.4 Å². The lowest BCUT2D eigenvalue weighted by molar-refractivity contribution is -0.146. The number of methoxy groups -OCH3 is 1. The number of nitrogens with zero attached hydrogens (tertiary/aromatic N) is 4. The summed E-state index contributed by atoms with van der Waals surface area (Å²) in [5.74, 6) is -1.98. The van der Waals surface area contributed by atoms with Crippen LogP contribution in [-0.2, 0) is 19.7 Å². The van der Waals surface area contributed by atoms with Crippen LogP contribution in [0.25, 0.3) is 5.69 Å². The molecule has 2 aliphatic heterocycles. The van der Waals surface area contributed by atoms with E-state index in [1.54, 1.807) is 35.2 Å². The number of carboxylic acids is 1. The molecule has 3 aromatic rings. The first-order valence-electron chi connectivity index (χ1n) is 12.6. The number of hydrogen-bond acceptors (Lipinski definition) is 6. The van der Waals surface area contributed by atoms with Crippen LogP contribution in [0, 0.1) is 12.8 Å². The van der Waals surface area contributed by atoms with Gasteiger partial charge in [0.25, 0.3) is 0 Å². The normalized spacial score (nSPS) is 19.5. The molecule has 9 nitrogen and oxygen atoms in total. The number of aromatic nitrogens is 3. The number of halogens is 4. The van der Waals surface area contributed by atoms with Crippen molar-refractivity contribution in [1.82, 2.24) is 19.7 Å². The van der Waals surface area contributed by atoms with Gasteiger partial charge in [0.2, 0.25) is 11.7 Å². The maximum absolute atomic E-state index is 14.6. The van der Waals surface area contributed by atoms with Gasteiger partial charge < -0.3 is 19.5 Å². The largest absolute Gasteiger partial charge is 0.496 e. The maximum atomic E-state index is 14.6. The van der Waals surface area contributed by atoms with Gasteiger partial charge in [0.05, 0.1) is 25.1 Å². The zero-order valence-corrected chi connectivity index (χ0v) is 23.1. The second-order valence-electron chi connectivity index (χ2n) is 9.79. The van der Waals surface area contributed by atoms with Crippen LogP contribution in [0.1, 0.15) is 59.8 Å². The number of likely N-dealkylation sites (tertiary alicyclic amines) is 1. The first-order chi connectivity index (χ1) is 19.0.